The Labute approximate surface area is 112 Å². The van der Waals surface area contributed by atoms with E-state index in [1.165, 1.54) is 0 Å². The third kappa shape index (κ3) is 3.66. The monoisotopic (exact) mass is 258 g/mol. The van der Waals surface area contributed by atoms with Gasteiger partial charge in [-0.3, -0.25) is 9.48 Å². The molecule has 5 nitrogen and oxygen atoms in total. The third-order valence-electron chi connectivity index (χ3n) is 2.84. The molecule has 0 radical (unpaired) electrons. The van der Waals surface area contributed by atoms with Crippen molar-refractivity contribution < 1.29 is 4.79 Å². The molecule has 1 heterocycles. The van der Waals surface area contributed by atoms with E-state index in [2.05, 4.69) is 15.7 Å². The summed E-state index contributed by atoms with van der Waals surface area (Å²) in [5.41, 5.74) is 2.12. The fourth-order valence-electron chi connectivity index (χ4n) is 1.82. The number of amides is 1. The SMILES string of the molecule is Cc1cnn(C)c1NC(=O)CNCc1ccccc1. The van der Waals surface area contributed by atoms with Crippen LogP contribution in [-0.2, 0) is 18.4 Å². The first-order valence-electron chi connectivity index (χ1n) is 6.20. The number of rotatable bonds is 5. The summed E-state index contributed by atoms with van der Waals surface area (Å²) in [5.74, 6) is 0.675. The number of nitrogens with one attached hydrogen (secondary N) is 2. The molecule has 0 aliphatic heterocycles. The van der Waals surface area contributed by atoms with Crippen LogP contribution in [0.3, 0.4) is 0 Å². The van der Waals surface area contributed by atoms with Crippen molar-refractivity contribution in [2.45, 2.75) is 13.5 Å². The van der Waals surface area contributed by atoms with Crippen molar-refractivity contribution in [3.8, 4) is 0 Å². The van der Waals surface area contributed by atoms with Crippen molar-refractivity contribution in [2.24, 2.45) is 7.05 Å². The van der Waals surface area contributed by atoms with Gasteiger partial charge in [-0.25, -0.2) is 0 Å². The maximum Gasteiger partial charge on any atom is 0.239 e. The fraction of sp³-hybridized carbons (Fsp3) is 0.286. The van der Waals surface area contributed by atoms with Gasteiger partial charge in [0.05, 0.1) is 12.7 Å². The Morgan fingerprint density at radius 1 is 1.32 bits per heavy atom. The lowest BCUT2D eigenvalue weighted by Crippen LogP contribution is -2.28. The molecule has 1 aromatic carbocycles. The summed E-state index contributed by atoms with van der Waals surface area (Å²) in [7, 11) is 1.81. The lowest BCUT2D eigenvalue weighted by molar-refractivity contribution is -0.115. The normalized spacial score (nSPS) is 10.4. The molecule has 0 aliphatic rings. The second-order valence-electron chi connectivity index (χ2n) is 4.44. The molecule has 0 saturated heterocycles. The smallest absolute Gasteiger partial charge is 0.239 e. The van der Waals surface area contributed by atoms with E-state index in [-0.39, 0.29) is 12.5 Å². The number of benzene rings is 1. The Morgan fingerprint density at radius 2 is 2.05 bits per heavy atom. The summed E-state index contributed by atoms with van der Waals surface area (Å²) in [5, 5.41) is 10.0. The van der Waals surface area contributed by atoms with E-state index >= 15 is 0 Å². The molecule has 0 unspecified atom stereocenters. The maximum absolute atomic E-state index is 11.8. The average molecular weight is 258 g/mol. The van der Waals surface area contributed by atoms with Gasteiger partial charge in [0.15, 0.2) is 0 Å². The molecule has 0 spiro atoms. The van der Waals surface area contributed by atoms with E-state index in [9.17, 15) is 4.79 Å². The Balaban J connectivity index is 1.79. The zero-order valence-corrected chi connectivity index (χ0v) is 11.2. The van der Waals surface area contributed by atoms with Crippen LogP contribution in [-0.4, -0.2) is 22.2 Å². The second-order valence-corrected chi connectivity index (χ2v) is 4.44. The highest BCUT2D eigenvalue weighted by molar-refractivity contribution is 5.92. The topological polar surface area (TPSA) is 59.0 Å². The molecular formula is C14H18N4O. The molecule has 0 saturated carbocycles. The number of carbonyl (C=O) groups excluding carboxylic acids is 1. The van der Waals surface area contributed by atoms with Gasteiger partial charge in [-0.15, -0.1) is 0 Å². The Hall–Kier alpha value is -2.14. The molecular weight excluding hydrogens is 240 g/mol. The van der Waals surface area contributed by atoms with Crippen LogP contribution in [0.15, 0.2) is 36.5 Å². The van der Waals surface area contributed by atoms with Crippen LogP contribution in [0, 0.1) is 6.92 Å². The standard InChI is InChI=1S/C14H18N4O/c1-11-8-16-18(2)14(11)17-13(19)10-15-9-12-6-4-3-5-7-12/h3-8,15H,9-10H2,1-2H3,(H,17,19). The summed E-state index contributed by atoms with van der Waals surface area (Å²) in [6.45, 7) is 2.87. The molecule has 0 aliphatic carbocycles. The highest BCUT2D eigenvalue weighted by atomic mass is 16.2. The highest BCUT2D eigenvalue weighted by Crippen LogP contribution is 2.11. The maximum atomic E-state index is 11.8. The summed E-state index contributed by atoms with van der Waals surface area (Å²) in [4.78, 5) is 11.8. The number of anilines is 1. The minimum atomic E-state index is -0.0670. The van der Waals surface area contributed by atoms with Gasteiger partial charge in [-0.1, -0.05) is 30.3 Å². The molecule has 2 rings (SSSR count). The quantitative estimate of drug-likeness (QED) is 0.853. The van der Waals surface area contributed by atoms with Gasteiger partial charge in [0.1, 0.15) is 5.82 Å². The number of aryl methyl sites for hydroxylation is 2. The van der Waals surface area contributed by atoms with Crippen LogP contribution < -0.4 is 10.6 Å². The molecule has 2 N–H and O–H groups in total. The van der Waals surface area contributed by atoms with Gasteiger partial charge < -0.3 is 10.6 Å². The van der Waals surface area contributed by atoms with Crippen LogP contribution in [0.25, 0.3) is 0 Å². The second kappa shape index (κ2) is 6.15. The first-order valence-corrected chi connectivity index (χ1v) is 6.20. The molecule has 0 atom stereocenters. The Morgan fingerprint density at radius 3 is 2.68 bits per heavy atom. The van der Waals surface area contributed by atoms with Crippen molar-refractivity contribution in [1.29, 1.82) is 0 Å². The molecule has 0 bridgehead atoms. The van der Waals surface area contributed by atoms with E-state index in [4.69, 9.17) is 0 Å². The largest absolute Gasteiger partial charge is 0.310 e. The minimum absolute atomic E-state index is 0.0670. The van der Waals surface area contributed by atoms with Crippen LogP contribution in [0.2, 0.25) is 0 Å². The van der Waals surface area contributed by atoms with Crippen LogP contribution in [0.5, 0.6) is 0 Å². The molecule has 100 valence electrons. The Bertz CT molecular complexity index is 528. The van der Waals surface area contributed by atoms with Gasteiger partial charge >= 0.3 is 0 Å². The third-order valence-corrected chi connectivity index (χ3v) is 2.84. The number of aromatic nitrogens is 2. The van der Waals surface area contributed by atoms with Gasteiger partial charge in [0.25, 0.3) is 0 Å². The van der Waals surface area contributed by atoms with Gasteiger partial charge in [0.2, 0.25) is 5.91 Å². The van der Waals surface area contributed by atoms with Crippen molar-refractivity contribution >= 4 is 11.7 Å². The summed E-state index contributed by atoms with van der Waals surface area (Å²) in [6, 6.07) is 9.99. The van der Waals surface area contributed by atoms with E-state index in [0.29, 0.717) is 6.54 Å². The average Bonchev–Trinajstić information content (AvgIpc) is 2.72. The zero-order valence-electron chi connectivity index (χ0n) is 11.2. The Kier molecular flexibility index (Phi) is 4.30. The lowest BCUT2D eigenvalue weighted by atomic mass is 10.2. The minimum Gasteiger partial charge on any atom is -0.310 e. The van der Waals surface area contributed by atoms with Crippen molar-refractivity contribution in [3.63, 3.8) is 0 Å². The number of nitrogens with zero attached hydrogens (tertiary/aromatic N) is 2. The predicted molar refractivity (Wildman–Crippen MR) is 74.7 cm³/mol. The zero-order chi connectivity index (χ0) is 13.7. The highest BCUT2D eigenvalue weighted by Gasteiger charge is 2.08. The first kappa shape index (κ1) is 13.3. The molecule has 19 heavy (non-hydrogen) atoms. The number of carbonyl (C=O) groups is 1. The van der Waals surface area contributed by atoms with Crippen molar-refractivity contribution in [3.05, 3.63) is 47.7 Å². The van der Waals surface area contributed by atoms with E-state index in [0.717, 1.165) is 16.9 Å². The van der Waals surface area contributed by atoms with E-state index < -0.39 is 0 Å². The van der Waals surface area contributed by atoms with Crippen molar-refractivity contribution in [1.82, 2.24) is 15.1 Å². The first-order chi connectivity index (χ1) is 9.16. The number of hydrogen-bond acceptors (Lipinski definition) is 3. The van der Waals surface area contributed by atoms with Crippen molar-refractivity contribution in [2.75, 3.05) is 11.9 Å². The van der Waals surface area contributed by atoms with Gasteiger partial charge in [-0.2, -0.15) is 5.10 Å². The van der Waals surface area contributed by atoms with Gasteiger partial charge in [0, 0.05) is 19.2 Å². The van der Waals surface area contributed by atoms with Gasteiger partial charge in [-0.05, 0) is 12.5 Å². The molecule has 0 fully saturated rings. The lowest BCUT2D eigenvalue weighted by Gasteiger charge is -2.08. The fourth-order valence-corrected chi connectivity index (χ4v) is 1.82. The van der Waals surface area contributed by atoms with Crippen LogP contribution >= 0.6 is 0 Å². The number of hydrogen-bond donors (Lipinski definition) is 2. The van der Waals surface area contributed by atoms with Crippen LogP contribution in [0.4, 0.5) is 5.82 Å². The molecule has 2 aromatic rings. The van der Waals surface area contributed by atoms with E-state index in [1.807, 2.05) is 37.3 Å². The van der Waals surface area contributed by atoms with E-state index in [1.54, 1.807) is 17.9 Å². The molecule has 5 heteroatoms. The molecule has 1 aromatic heterocycles. The predicted octanol–water partition coefficient (Wildman–Crippen LogP) is 1.46. The summed E-state index contributed by atoms with van der Waals surface area (Å²) < 4.78 is 1.66. The van der Waals surface area contributed by atoms with Crippen LogP contribution in [0.1, 0.15) is 11.1 Å². The summed E-state index contributed by atoms with van der Waals surface area (Å²) in [6.07, 6.45) is 1.73. The molecule has 1 amide bonds. The summed E-state index contributed by atoms with van der Waals surface area (Å²) >= 11 is 0.